The van der Waals surface area contributed by atoms with Gasteiger partial charge in [-0.2, -0.15) is 0 Å². The smallest absolute Gasteiger partial charge is 0.315 e. The average Bonchev–Trinajstić information content (AvgIpc) is 2.90. The topological polar surface area (TPSA) is 83.4 Å². The zero-order valence-corrected chi connectivity index (χ0v) is 21.6. The second kappa shape index (κ2) is 11.7. The van der Waals surface area contributed by atoms with Gasteiger partial charge in [-0.3, -0.25) is 14.6 Å². The first-order chi connectivity index (χ1) is 17.9. The van der Waals surface area contributed by atoms with E-state index in [1.807, 2.05) is 25.1 Å². The van der Waals surface area contributed by atoms with Crippen LogP contribution < -0.4 is 9.47 Å². The summed E-state index contributed by atoms with van der Waals surface area (Å²) in [7, 11) is 3.15. The molecule has 4 rings (SSSR count). The molecule has 196 valence electrons. The molecule has 0 radical (unpaired) electrons. The third-order valence-electron chi connectivity index (χ3n) is 6.93. The van der Waals surface area contributed by atoms with Crippen LogP contribution in [-0.4, -0.2) is 51.5 Å². The van der Waals surface area contributed by atoms with Gasteiger partial charge in [-0.1, -0.05) is 18.2 Å². The number of methoxy groups -OCH3 is 2. The van der Waals surface area contributed by atoms with Crippen molar-refractivity contribution in [2.45, 2.75) is 38.5 Å². The predicted octanol–water partition coefficient (Wildman–Crippen LogP) is 5.00. The molecule has 0 saturated heterocycles. The van der Waals surface area contributed by atoms with E-state index in [0.29, 0.717) is 47.1 Å². The highest BCUT2D eigenvalue weighted by Gasteiger charge is 2.44. The van der Waals surface area contributed by atoms with Gasteiger partial charge in [-0.05, 0) is 61.6 Å². The summed E-state index contributed by atoms with van der Waals surface area (Å²) in [6.45, 7) is 4.55. The fourth-order valence-corrected chi connectivity index (χ4v) is 5.17. The van der Waals surface area contributed by atoms with Crippen LogP contribution in [0.15, 0.2) is 58.7 Å². The Morgan fingerprint density at radius 3 is 2.38 bits per heavy atom. The van der Waals surface area contributed by atoms with Crippen molar-refractivity contribution in [3.05, 3.63) is 70.7 Å². The minimum Gasteiger partial charge on any atom is -0.493 e. The summed E-state index contributed by atoms with van der Waals surface area (Å²) in [5.41, 5.74) is 3.34. The highest BCUT2D eigenvalue weighted by molar-refractivity contribution is 6.09. The van der Waals surface area contributed by atoms with Crippen molar-refractivity contribution in [2.24, 2.45) is 10.9 Å². The largest absolute Gasteiger partial charge is 0.493 e. The number of allylic oxidation sites excluding steroid dienone is 2. The number of Topliss-reactive ketones (excluding diaryl/α,β-unsaturated/α-hetero) is 1. The number of hydrogen-bond donors (Lipinski definition) is 0. The third-order valence-corrected chi connectivity index (χ3v) is 6.93. The first-order valence-electron chi connectivity index (χ1n) is 12.4. The zero-order valence-electron chi connectivity index (χ0n) is 21.6. The number of halogens is 1. The minimum absolute atomic E-state index is 0.0845. The van der Waals surface area contributed by atoms with Gasteiger partial charge in [-0.25, -0.2) is 4.39 Å². The number of esters is 1. The molecule has 1 heterocycles. The highest BCUT2D eigenvalue weighted by atomic mass is 19.1. The maximum Gasteiger partial charge on any atom is 0.315 e. The molecule has 0 N–H and O–H groups in total. The third kappa shape index (κ3) is 5.59. The van der Waals surface area contributed by atoms with Crippen molar-refractivity contribution in [3.8, 4) is 11.5 Å². The number of nitrogens with zero attached hydrogens (tertiary/aromatic N) is 1. The zero-order chi connectivity index (χ0) is 26.5. The summed E-state index contributed by atoms with van der Waals surface area (Å²) < 4.78 is 35.3. The summed E-state index contributed by atoms with van der Waals surface area (Å²) >= 11 is 0. The summed E-state index contributed by atoms with van der Waals surface area (Å²) in [6.07, 6.45) is 0.782. The number of ether oxygens (including phenoxy) is 4. The monoisotopic (exact) mass is 509 g/mol. The molecule has 0 saturated carbocycles. The van der Waals surface area contributed by atoms with Crippen molar-refractivity contribution >= 4 is 17.5 Å². The number of rotatable bonds is 9. The molecule has 0 amide bonds. The molecule has 2 aromatic rings. The second-order valence-electron chi connectivity index (χ2n) is 9.13. The minimum atomic E-state index is -0.785. The Kier molecular flexibility index (Phi) is 8.38. The molecule has 8 heteroatoms. The van der Waals surface area contributed by atoms with Crippen LogP contribution in [-0.2, 0) is 19.1 Å². The molecule has 2 aromatic carbocycles. The number of benzene rings is 2. The van der Waals surface area contributed by atoms with Crippen molar-refractivity contribution in [1.82, 2.24) is 0 Å². The Labute approximate surface area is 216 Å². The van der Waals surface area contributed by atoms with E-state index in [4.69, 9.17) is 23.9 Å². The summed E-state index contributed by atoms with van der Waals surface area (Å²) in [5.74, 6) is -1.24. The SMILES string of the molecule is CCOCCOC(=O)C1C(C)=NC2=C(C(=O)C[C@@H](c3ccc(OC)c(OC)c3)C2)[C@H]1c1ccc(F)cc1. The molecule has 0 aromatic heterocycles. The lowest BCUT2D eigenvalue weighted by Gasteiger charge is -2.36. The Balaban J connectivity index is 1.70. The van der Waals surface area contributed by atoms with Gasteiger partial charge in [0.2, 0.25) is 0 Å². The first kappa shape index (κ1) is 26.5. The van der Waals surface area contributed by atoms with Gasteiger partial charge in [0.05, 0.1) is 20.8 Å². The van der Waals surface area contributed by atoms with E-state index >= 15 is 0 Å². The van der Waals surface area contributed by atoms with Crippen molar-refractivity contribution < 1.29 is 32.9 Å². The van der Waals surface area contributed by atoms with Gasteiger partial charge in [0.1, 0.15) is 18.3 Å². The van der Waals surface area contributed by atoms with Crippen LogP contribution >= 0.6 is 0 Å². The molecule has 1 aliphatic heterocycles. The standard InChI is InChI=1S/C29H32FNO6/c1-5-36-12-13-37-29(33)26-17(2)31-22-14-20(19-8-11-24(34-3)25(16-19)35-4)15-23(32)28(22)27(26)18-6-9-21(30)10-7-18/h6-11,16,20,26-27H,5,12-15H2,1-4H3/t20-,26?,27-/m0/s1. The van der Waals surface area contributed by atoms with Crippen LogP contribution in [0.2, 0.25) is 0 Å². The van der Waals surface area contributed by atoms with Crippen LogP contribution in [0.4, 0.5) is 4.39 Å². The second-order valence-corrected chi connectivity index (χ2v) is 9.13. The lowest BCUT2D eigenvalue weighted by atomic mass is 9.69. The fourth-order valence-electron chi connectivity index (χ4n) is 5.17. The molecule has 0 bridgehead atoms. The lowest BCUT2D eigenvalue weighted by Crippen LogP contribution is -2.38. The van der Waals surface area contributed by atoms with Gasteiger partial charge < -0.3 is 18.9 Å². The summed E-state index contributed by atoms with van der Waals surface area (Å²) in [6, 6.07) is 11.6. The molecular formula is C29H32FNO6. The molecule has 3 atom stereocenters. The Morgan fingerprint density at radius 2 is 1.70 bits per heavy atom. The van der Waals surface area contributed by atoms with E-state index in [1.54, 1.807) is 33.3 Å². The summed E-state index contributed by atoms with van der Waals surface area (Å²) in [4.78, 5) is 31.7. The van der Waals surface area contributed by atoms with E-state index in [-0.39, 0.29) is 31.3 Å². The molecule has 2 aliphatic rings. The number of hydrogen-bond acceptors (Lipinski definition) is 7. The summed E-state index contributed by atoms with van der Waals surface area (Å²) in [5, 5.41) is 0. The number of carbonyl (C=O) groups excluding carboxylic acids is 2. The van der Waals surface area contributed by atoms with E-state index in [9.17, 15) is 14.0 Å². The van der Waals surface area contributed by atoms with Crippen molar-refractivity contribution in [2.75, 3.05) is 34.0 Å². The van der Waals surface area contributed by atoms with Crippen LogP contribution in [0.1, 0.15) is 49.7 Å². The fraction of sp³-hybridized carbons (Fsp3) is 0.414. The van der Waals surface area contributed by atoms with Crippen molar-refractivity contribution in [3.63, 3.8) is 0 Å². The van der Waals surface area contributed by atoms with Gasteiger partial charge >= 0.3 is 5.97 Å². The number of aliphatic imine (C=N–C) groups is 1. The number of carbonyl (C=O) groups is 2. The van der Waals surface area contributed by atoms with Crippen LogP contribution in [0, 0.1) is 11.7 Å². The quantitative estimate of drug-likeness (QED) is 0.350. The molecule has 0 fully saturated rings. The van der Waals surface area contributed by atoms with Gasteiger partial charge in [0.15, 0.2) is 17.3 Å². The Hall–Kier alpha value is -3.52. The first-order valence-corrected chi connectivity index (χ1v) is 12.4. The van der Waals surface area contributed by atoms with Crippen LogP contribution in [0.5, 0.6) is 11.5 Å². The molecule has 0 spiro atoms. The predicted molar refractivity (Wildman–Crippen MR) is 137 cm³/mol. The Morgan fingerprint density at radius 1 is 1.00 bits per heavy atom. The molecular weight excluding hydrogens is 477 g/mol. The molecule has 7 nitrogen and oxygen atoms in total. The highest BCUT2D eigenvalue weighted by Crippen LogP contribution is 2.47. The molecule has 1 unspecified atom stereocenters. The Bertz CT molecular complexity index is 1220. The lowest BCUT2D eigenvalue weighted by molar-refractivity contribution is -0.148. The van der Waals surface area contributed by atoms with Crippen LogP contribution in [0.25, 0.3) is 0 Å². The number of ketones is 1. The van der Waals surface area contributed by atoms with E-state index < -0.39 is 23.6 Å². The molecule has 1 aliphatic carbocycles. The van der Waals surface area contributed by atoms with Gasteiger partial charge in [0.25, 0.3) is 0 Å². The normalized spacial score (nSPS) is 21.3. The van der Waals surface area contributed by atoms with E-state index in [0.717, 1.165) is 5.56 Å². The average molecular weight is 510 g/mol. The maximum absolute atomic E-state index is 13.8. The maximum atomic E-state index is 13.8. The van der Waals surface area contributed by atoms with Gasteiger partial charge in [0, 0.05) is 35.9 Å². The van der Waals surface area contributed by atoms with Crippen molar-refractivity contribution in [1.29, 1.82) is 0 Å². The van der Waals surface area contributed by atoms with E-state index in [2.05, 4.69) is 0 Å². The van der Waals surface area contributed by atoms with Crippen LogP contribution in [0.3, 0.4) is 0 Å². The van der Waals surface area contributed by atoms with E-state index in [1.165, 1.54) is 12.1 Å². The molecule has 37 heavy (non-hydrogen) atoms. The van der Waals surface area contributed by atoms with Gasteiger partial charge in [-0.15, -0.1) is 0 Å².